The van der Waals surface area contributed by atoms with E-state index in [4.69, 9.17) is 4.74 Å². The summed E-state index contributed by atoms with van der Waals surface area (Å²) in [4.78, 5) is 19.6. The minimum atomic E-state index is 0.0622. The number of hydrogen-bond acceptors (Lipinski definition) is 4. The summed E-state index contributed by atoms with van der Waals surface area (Å²) in [5.41, 5.74) is 0.901. The number of hydrogen-bond donors (Lipinski definition) is 1. The molecular weight excluding hydrogens is 224 g/mol. The number of H-pyrrole nitrogens is 1. The Balaban J connectivity index is 2.44. The zero-order valence-corrected chi connectivity index (χ0v) is 9.93. The monoisotopic (exact) mass is 236 g/mol. The van der Waals surface area contributed by atoms with Crippen LogP contribution in [0.15, 0.2) is 18.3 Å². The normalized spacial score (nSPS) is 10.4. The van der Waals surface area contributed by atoms with Crippen molar-refractivity contribution in [2.75, 3.05) is 7.11 Å². The minimum Gasteiger partial charge on any atom is -0.480 e. The fourth-order valence-corrected chi connectivity index (χ4v) is 2.39. The summed E-state index contributed by atoms with van der Waals surface area (Å²) in [5.74, 6) is 0.480. The third kappa shape index (κ3) is 1.86. The molecule has 16 heavy (non-hydrogen) atoms. The fourth-order valence-electron chi connectivity index (χ4n) is 1.36. The van der Waals surface area contributed by atoms with Crippen LogP contribution in [0.3, 0.4) is 0 Å². The van der Waals surface area contributed by atoms with Gasteiger partial charge in [-0.3, -0.25) is 4.79 Å². The first-order chi connectivity index (χ1) is 7.76. The maximum absolute atomic E-state index is 11.7. The van der Waals surface area contributed by atoms with Crippen LogP contribution in [0, 0.1) is 0 Å². The highest BCUT2D eigenvalue weighted by Gasteiger charge is 2.18. The molecule has 1 N–H and O–H groups in total. The summed E-state index contributed by atoms with van der Waals surface area (Å²) in [6.07, 6.45) is 2.28. The van der Waals surface area contributed by atoms with E-state index in [1.54, 1.807) is 0 Å². The van der Waals surface area contributed by atoms with Gasteiger partial charge in [0.15, 0.2) is 5.78 Å². The molecule has 0 fully saturated rings. The lowest BCUT2D eigenvalue weighted by molar-refractivity contribution is 0.0989. The van der Waals surface area contributed by atoms with Gasteiger partial charge >= 0.3 is 0 Å². The van der Waals surface area contributed by atoms with Crippen LogP contribution in [-0.2, 0) is 0 Å². The number of carbonyl (C=O) groups excluding carboxylic acids is 1. The summed E-state index contributed by atoms with van der Waals surface area (Å²) >= 11 is 1.36. The molecule has 2 rings (SSSR count). The molecule has 84 valence electrons. The van der Waals surface area contributed by atoms with Crippen molar-refractivity contribution in [2.24, 2.45) is 0 Å². The maximum Gasteiger partial charge on any atom is 0.236 e. The Kier molecular flexibility index (Phi) is 3.05. The van der Waals surface area contributed by atoms with Crippen molar-refractivity contribution in [3.8, 4) is 16.6 Å². The number of aromatic nitrogens is 2. The highest BCUT2D eigenvalue weighted by molar-refractivity contribution is 7.17. The predicted molar refractivity (Wildman–Crippen MR) is 63.1 cm³/mol. The van der Waals surface area contributed by atoms with E-state index in [9.17, 15) is 4.79 Å². The van der Waals surface area contributed by atoms with Gasteiger partial charge in [-0.15, -0.1) is 11.3 Å². The molecule has 0 spiro atoms. The van der Waals surface area contributed by atoms with Crippen LogP contribution in [0.4, 0.5) is 0 Å². The van der Waals surface area contributed by atoms with Gasteiger partial charge in [0.05, 0.1) is 12.8 Å². The van der Waals surface area contributed by atoms with E-state index in [1.807, 2.05) is 25.3 Å². The van der Waals surface area contributed by atoms with Gasteiger partial charge in [0.2, 0.25) is 5.88 Å². The highest BCUT2D eigenvalue weighted by atomic mass is 32.1. The first-order valence-corrected chi connectivity index (χ1v) is 5.79. The number of ether oxygens (including phenoxy) is 1. The van der Waals surface area contributed by atoms with E-state index >= 15 is 0 Å². The number of Topliss-reactive ketones (excluding diaryl/α,β-unsaturated/α-hetero) is 1. The predicted octanol–water partition coefficient (Wildman–Crippen LogP) is 2.74. The van der Waals surface area contributed by atoms with Crippen molar-refractivity contribution < 1.29 is 9.53 Å². The number of methoxy groups -OCH3 is 1. The topological polar surface area (TPSA) is 55.0 Å². The average molecular weight is 236 g/mol. The van der Waals surface area contributed by atoms with Crippen molar-refractivity contribution >= 4 is 17.1 Å². The Morgan fingerprint density at radius 1 is 1.62 bits per heavy atom. The molecule has 0 aliphatic rings. The molecule has 0 aromatic carbocycles. The lowest BCUT2D eigenvalue weighted by atomic mass is 10.3. The molecule has 0 radical (unpaired) electrons. The highest BCUT2D eigenvalue weighted by Crippen LogP contribution is 2.32. The van der Waals surface area contributed by atoms with Crippen LogP contribution in [0.1, 0.15) is 23.0 Å². The first kappa shape index (κ1) is 10.9. The van der Waals surface area contributed by atoms with Crippen molar-refractivity contribution in [3.63, 3.8) is 0 Å². The molecule has 5 heteroatoms. The number of thiazole rings is 1. The van der Waals surface area contributed by atoms with Gasteiger partial charge in [0.25, 0.3) is 0 Å². The van der Waals surface area contributed by atoms with Gasteiger partial charge in [-0.1, -0.05) is 6.92 Å². The first-order valence-electron chi connectivity index (χ1n) is 4.98. The Morgan fingerprint density at radius 2 is 2.44 bits per heavy atom. The zero-order valence-electron chi connectivity index (χ0n) is 9.11. The second kappa shape index (κ2) is 4.49. The molecule has 2 aromatic rings. The molecule has 0 unspecified atom stereocenters. The van der Waals surface area contributed by atoms with E-state index in [-0.39, 0.29) is 5.78 Å². The standard InChI is InChI=1S/C11H12N2O2S/c1-3-8(14)9-10(15-2)13-11(16-9)7-5-4-6-12-7/h4-6,12H,3H2,1-2H3. The lowest BCUT2D eigenvalue weighted by Crippen LogP contribution is -1.96. The van der Waals surface area contributed by atoms with E-state index in [2.05, 4.69) is 9.97 Å². The zero-order chi connectivity index (χ0) is 11.5. The smallest absolute Gasteiger partial charge is 0.236 e. The molecule has 2 heterocycles. The Bertz CT molecular complexity index is 488. The Morgan fingerprint density at radius 3 is 3.00 bits per heavy atom. The van der Waals surface area contributed by atoms with Crippen LogP contribution in [0.5, 0.6) is 5.88 Å². The van der Waals surface area contributed by atoms with E-state index in [0.29, 0.717) is 17.2 Å². The van der Waals surface area contributed by atoms with Crippen LogP contribution in [0.2, 0.25) is 0 Å². The summed E-state index contributed by atoms with van der Waals surface area (Å²) < 4.78 is 5.11. The van der Waals surface area contributed by atoms with Crippen molar-refractivity contribution in [3.05, 3.63) is 23.2 Å². The number of nitrogens with one attached hydrogen (secondary N) is 1. The van der Waals surface area contributed by atoms with Crippen molar-refractivity contribution in [1.82, 2.24) is 9.97 Å². The summed E-state index contributed by atoms with van der Waals surface area (Å²) in [6, 6.07) is 3.81. The van der Waals surface area contributed by atoms with E-state index < -0.39 is 0 Å². The van der Waals surface area contributed by atoms with Gasteiger partial charge in [0, 0.05) is 12.6 Å². The largest absolute Gasteiger partial charge is 0.480 e. The van der Waals surface area contributed by atoms with Crippen molar-refractivity contribution in [1.29, 1.82) is 0 Å². The lowest BCUT2D eigenvalue weighted by Gasteiger charge is -1.95. The summed E-state index contributed by atoms with van der Waals surface area (Å²) in [7, 11) is 1.53. The van der Waals surface area contributed by atoms with Gasteiger partial charge < -0.3 is 9.72 Å². The summed E-state index contributed by atoms with van der Waals surface area (Å²) in [5, 5.41) is 0.777. The SMILES string of the molecule is CCC(=O)c1sc(-c2ccc[nH]2)nc1OC. The van der Waals surface area contributed by atoms with E-state index in [1.165, 1.54) is 18.4 Å². The average Bonchev–Trinajstić information content (AvgIpc) is 2.95. The van der Waals surface area contributed by atoms with Gasteiger partial charge in [-0.25, -0.2) is 0 Å². The van der Waals surface area contributed by atoms with Crippen LogP contribution in [-0.4, -0.2) is 22.9 Å². The number of nitrogens with zero attached hydrogens (tertiary/aromatic N) is 1. The number of rotatable bonds is 4. The van der Waals surface area contributed by atoms with E-state index in [0.717, 1.165) is 10.7 Å². The molecule has 0 atom stereocenters. The van der Waals surface area contributed by atoms with Crippen LogP contribution in [0.25, 0.3) is 10.7 Å². The van der Waals surface area contributed by atoms with Gasteiger partial charge in [-0.2, -0.15) is 4.98 Å². The molecule has 0 bridgehead atoms. The Hall–Kier alpha value is -1.62. The number of ketones is 1. The fraction of sp³-hybridized carbons (Fsp3) is 0.273. The molecule has 0 amide bonds. The Labute approximate surface area is 97.3 Å². The minimum absolute atomic E-state index is 0.0622. The van der Waals surface area contributed by atoms with Gasteiger partial charge in [0.1, 0.15) is 9.88 Å². The third-order valence-corrected chi connectivity index (χ3v) is 3.30. The molecule has 0 saturated heterocycles. The molecule has 0 aliphatic carbocycles. The second-order valence-electron chi connectivity index (χ2n) is 3.22. The van der Waals surface area contributed by atoms with Gasteiger partial charge in [-0.05, 0) is 12.1 Å². The number of aromatic amines is 1. The van der Waals surface area contributed by atoms with Crippen LogP contribution >= 0.6 is 11.3 Å². The molecule has 0 saturated carbocycles. The molecular formula is C11H12N2O2S. The van der Waals surface area contributed by atoms with Crippen LogP contribution < -0.4 is 4.74 Å². The summed E-state index contributed by atoms with van der Waals surface area (Å²) in [6.45, 7) is 1.83. The quantitative estimate of drug-likeness (QED) is 0.830. The third-order valence-electron chi connectivity index (χ3n) is 2.19. The van der Waals surface area contributed by atoms with Crippen molar-refractivity contribution in [2.45, 2.75) is 13.3 Å². The second-order valence-corrected chi connectivity index (χ2v) is 4.22. The number of carbonyl (C=O) groups is 1. The molecule has 2 aromatic heterocycles. The molecule has 0 aliphatic heterocycles. The maximum atomic E-state index is 11.7. The molecule has 4 nitrogen and oxygen atoms in total.